The van der Waals surface area contributed by atoms with E-state index in [1.165, 1.54) is 0 Å². The molecule has 0 radical (unpaired) electrons. The summed E-state index contributed by atoms with van der Waals surface area (Å²) in [5.41, 5.74) is 5.77. The van der Waals surface area contributed by atoms with Crippen molar-refractivity contribution < 1.29 is 13.9 Å². The fraction of sp³-hybridized carbons (Fsp3) is 0.350. The summed E-state index contributed by atoms with van der Waals surface area (Å²) in [5, 5.41) is 3.56. The lowest BCUT2D eigenvalue weighted by atomic mass is 9.99. The van der Waals surface area contributed by atoms with Gasteiger partial charge in [-0.25, -0.2) is 4.39 Å². The van der Waals surface area contributed by atoms with Crippen LogP contribution in [0, 0.1) is 11.7 Å². The normalized spacial score (nSPS) is 16.1. The van der Waals surface area contributed by atoms with Crippen molar-refractivity contribution in [3.8, 4) is 11.5 Å². The summed E-state index contributed by atoms with van der Waals surface area (Å²) in [7, 11) is 0. The largest absolute Gasteiger partial charge is 0.453 e. The van der Waals surface area contributed by atoms with E-state index < -0.39 is 5.82 Å². The molecule has 1 aliphatic carbocycles. The van der Waals surface area contributed by atoms with Crippen LogP contribution in [0.4, 0.5) is 4.39 Å². The van der Waals surface area contributed by atoms with Crippen LogP contribution in [0.5, 0.6) is 11.5 Å². The third-order valence-electron chi connectivity index (χ3n) is 4.44. The number of halogens is 2. The van der Waals surface area contributed by atoms with Crippen molar-refractivity contribution in [1.29, 1.82) is 0 Å². The van der Waals surface area contributed by atoms with Gasteiger partial charge < -0.3 is 15.8 Å². The summed E-state index contributed by atoms with van der Waals surface area (Å²) in [6.07, 6.45) is 2.22. The van der Waals surface area contributed by atoms with Crippen molar-refractivity contribution in [2.45, 2.75) is 38.3 Å². The van der Waals surface area contributed by atoms with Gasteiger partial charge in [-0.05, 0) is 43.9 Å². The van der Waals surface area contributed by atoms with Crippen molar-refractivity contribution in [1.82, 2.24) is 5.32 Å². The minimum Gasteiger partial charge on any atom is -0.453 e. The van der Waals surface area contributed by atoms with Gasteiger partial charge >= 0.3 is 0 Å². The molecule has 0 unspecified atom stereocenters. The van der Waals surface area contributed by atoms with E-state index in [1.54, 1.807) is 24.3 Å². The predicted molar refractivity (Wildman–Crippen MR) is 99.8 cm³/mol. The third kappa shape index (κ3) is 4.54. The molecular formula is C20H22ClFN2O2. The number of carbonyl (C=O) groups excluding carboxylic acids is 1. The number of para-hydroxylation sites is 1. The lowest BCUT2D eigenvalue weighted by Gasteiger charge is -2.24. The van der Waals surface area contributed by atoms with E-state index in [0.717, 1.165) is 12.8 Å². The van der Waals surface area contributed by atoms with Gasteiger partial charge in [0, 0.05) is 24.1 Å². The number of primary amides is 1. The number of amides is 1. The smallest absolute Gasteiger partial charge is 0.218 e. The number of nitrogens with two attached hydrogens (primary N) is 1. The number of carbonyl (C=O) groups is 1. The molecule has 2 aromatic rings. The van der Waals surface area contributed by atoms with Gasteiger partial charge in [-0.3, -0.25) is 4.79 Å². The summed E-state index contributed by atoms with van der Waals surface area (Å²) < 4.78 is 20.9. The average molecular weight is 377 g/mol. The second-order valence-electron chi connectivity index (χ2n) is 6.75. The number of rotatable bonds is 8. The van der Waals surface area contributed by atoms with Gasteiger partial charge in [0.1, 0.15) is 5.75 Å². The Bertz CT molecular complexity index is 781. The first-order valence-electron chi connectivity index (χ1n) is 8.71. The minimum absolute atomic E-state index is 0.0189. The Kier molecular flexibility index (Phi) is 5.79. The summed E-state index contributed by atoms with van der Waals surface area (Å²) in [5.74, 6) is 0.000629. The zero-order valence-electron chi connectivity index (χ0n) is 14.5. The summed E-state index contributed by atoms with van der Waals surface area (Å²) in [6.45, 7) is 1.87. The Labute approximate surface area is 157 Å². The van der Waals surface area contributed by atoms with E-state index in [0.29, 0.717) is 17.2 Å². The quantitative estimate of drug-likeness (QED) is 0.709. The fourth-order valence-corrected chi connectivity index (χ4v) is 3.25. The highest BCUT2D eigenvalue weighted by Crippen LogP contribution is 2.45. The summed E-state index contributed by atoms with van der Waals surface area (Å²) >= 11 is 6.18. The van der Waals surface area contributed by atoms with Crippen molar-refractivity contribution in [3.05, 3.63) is 58.9 Å². The van der Waals surface area contributed by atoms with Crippen LogP contribution < -0.4 is 15.8 Å². The number of ether oxygens (including phenoxy) is 1. The molecule has 1 aliphatic rings. The molecule has 6 heteroatoms. The maximum Gasteiger partial charge on any atom is 0.218 e. The van der Waals surface area contributed by atoms with Crippen molar-refractivity contribution in [2.24, 2.45) is 11.7 Å². The number of benzene rings is 2. The van der Waals surface area contributed by atoms with Gasteiger partial charge in [0.25, 0.3) is 0 Å². The van der Waals surface area contributed by atoms with Crippen LogP contribution in [0.3, 0.4) is 0 Å². The van der Waals surface area contributed by atoms with E-state index in [2.05, 4.69) is 5.32 Å². The minimum atomic E-state index is -0.475. The zero-order valence-corrected chi connectivity index (χ0v) is 15.3. The summed E-state index contributed by atoms with van der Waals surface area (Å²) in [4.78, 5) is 11.2. The van der Waals surface area contributed by atoms with Crippen molar-refractivity contribution in [3.63, 3.8) is 0 Å². The highest BCUT2D eigenvalue weighted by Gasteiger charge is 2.35. The lowest BCUT2D eigenvalue weighted by Crippen LogP contribution is -2.35. The molecule has 0 bridgehead atoms. The summed E-state index contributed by atoms with van der Waals surface area (Å²) in [6, 6.07) is 11.9. The topological polar surface area (TPSA) is 64.4 Å². The predicted octanol–water partition coefficient (Wildman–Crippen LogP) is 4.58. The Morgan fingerprint density at radius 2 is 2.00 bits per heavy atom. The van der Waals surface area contributed by atoms with Gasteiger partial charge in [0.15, 0.2) is 11.6 Å². The molecule has 4 nitrogen and oxygen atoms in total. The molecule has 3 N–H and O–H groups in total. The molecule has 0 aromatic heterocycles. The van der Waals surface area contributed by atoms with Crippen LogP contribution >= 0.6 is 11.6 Å². The first-order valence-corrected chi connectivity index (χ1v) is 9.08. The van der Waals surface area contributed by atoms with E-state index >= 15 is 4.39 Å². The Morgan fingerprint density at radius 1 is 1.31 bits per heavy atom. The van der Waals surface area contributed by atoms with Gasteiger partial charge in [-0.1, -0.05) is 35.9 Å². The van der Waals surface area contributed by atoms with E-state index in [1.807, 2.05) is 25.1 Å². The highest BCUT2D eigenvalue weighted by molar-refractivity contribution is 6.32. The first kappa shape index (κ1) is 18.7. The molecule has 1 amide bonds. The van der Waals surface area contributed by atoms with Gasteiger partial charge in [-0.15, -0.1) is 0 Å². The second-order valence-corrected chi connectivity index (χ2v) is 7.16. The molecule has 1 fully saturated rings. The fourth-order valence-electron chi connectivity index (χ4n) is 3.06. The second kappa shape index (κ2) is 8.06. The van der Waals surface area contributed by atoms with E-state index in [9.17, 15) is 4.79 Å². The number of hydrogen-bond acceptors (Lipinski definition) is 3. The third-order valence-corrected chi connectivity index (χ3v) is 4.74. The lowest BCUT2D eigenvalue weighted by molar-refractivity contribution is -0.118. The highest BCUT2D eigenvalue weighted by atomic mass is 35.5. The molecule has 0 heterocycles. The number of hydrogen-bond donors (Lipinski definition) is 2. The maximum atomic E-state index is 15.2. The van der Waals surface area contributed by atoms with E-state index in [4.69, 9.17) is 22.1 Å². The van der Waals surface area contributed by atoms with Gasteiger partial charge in [0.2, 0.25) is 5.91 Å². The molecule has 2 aromatic carbocycles. The molecule has 0 aliphatic heterocycles. The molecule has 0 saturated heterocycles. The molecule has 26 heavy (non-hydrogen) atoms. The standard InChI is InChI=1S/C20H22ClFN2O2/c1-12(11-17(23)25)24-19(13-7-8-13)15-9-10-16(21)20(18(15)22)26-14-5-3-2-4-6-14/h2-6,9-10,12-13,19,24H,7-8,11H2,1H3,(H2,23,25)/t12-,19+/m0/s1. The van der Waals surface area contributed by atoms with Crippen LogP contribution in [-0.2, 0) is 4.79 Å². The molecule has 3 rings (SSSR count). The Morgan fingerprint density at radius 3 is 2.62 bits per heavy atom. The van der Waals surface area contributed by atoms with E-state index in [-0.39, 0.29) is 35.2 Å². The van der Waals surface area contributed by atoms with Crippen LogP contribution in [0.25, 0.3) is 0 Å². The molecule has 1 saturated carbocycles. The van der Waals surface area contributed by atoms with Crippen molar-refractivity contribution in [2.75, 3.05) is 0 Å². The zero-order chi connectivity index (χ0) is 18.7. The molecular weight excluding hydrogens is 355 g/mol. The van der Waals surface area contributed by atoms with Crippen molar-refractivity contribution >= 4 is 17.5 Å². The van der Waals surface area contributed by atoms with Gasteiger partial charge in [-0.2, -0.15) is 0 Å². The Balaban J connectivity index is 1.88. The molecule has 138 valence electrons. The number of nitrogens with one attached hydrogen (secondary N) is 1. The van der Waals surface area contributed by atoms with Gasteiger partial charge in [0.05, 0.1) is 5.02 Å². The monoisotopic (exact) mass is 376 g/mol. The van der Waals surface area contributed by atoms with Crippen LogP contribution in [0.15, 0.2) is 42.5 Å². The first-order chi connectivity index (χ1) is 12.5. The Hall–Kier alpha value is -2.11. The SMILES string of the molecule is C[C@@H](CC(N)=O)N[C@@H](c1ccc(Cl)c(Oc2ccccc2)c1F)C1CC1. The molecule has 0 spiro atoms. The van der Waals surface area contributed by atoms with Crippen LogP contribution in [0.1, 0.15) is 37.8 Å². The van der Waals surface area contributed by atoms with Crippen LogP contribution in [0.2, 0.25) is 5.02 Å². The average Bonchev–Trinajstić information content (AvgIpc) is 3.42. The maximum absolute atomic E-state index is 15.2. The molecule has 2 atom stereocenters. The van der Waals surface area contributed by atoms with Crippen LogP contribution in [-0.4, -0.2) is 11.9 Å².